The number of hydrogen-bond acceptors (Lipinski definition) is 4. The van der Waals surface area contributed by atoms with Crippen LogP contribution in [0.3, 0.4) is 0 Å². The zero-order chi connectivity index (χ0) is 14.1. The Balaban J connectivity index is 2.29. The molecule has 0 amide bonds. The molecule has 0 fully saturated rings. The van der Waals surface area contributed by atoms with E-state index in [0.717, 1.165) is 32.6 Å². The Morgan fingerprint density at radius 2 is 1.95 bits per heavy atom. The molecule has 4 heteroatoms. The van der Waals surface area contributed by atoms with Gasteiger partial charge in [-0.3, -0.25) is 0 Å². The highest BCUT2D eigenvalue weighted by molar-refractivity contribution is 7.98. The Morgan fingerprint density at radius 3 is 2.70 bits per heavy atom. The third kappa shape index (κ3) is 2.23. The highest BCUT2D eigenvalue weighted by atomic mass is 32.2. The fraction of sp³-hybridized carbons (Fsp3) is 0.125. The van der Waals surface area contributed by atoms with Crippen LogP contribution in [0.5, 0.6) is 0 Å². The first-order chi connectivity index (χ1) is 9.69. The number of benzene rings is 1. The van der Waals surface area contributed by atoms with Gasteiger partial charge in [0.25, 0.3) is 0 Å². The smallest absolute Gasteiger partial charge is 0.124 e. The lowest BCUT2D eigenvalue weighted by atomic mass is 10.0. The Bertz CT molecular complexity index is 784. The Hall–Kier alpha value is -2.07. The van der Waals surface area contributed by atoms with E-state index < -0.39 is 0 Å². The Morgan fingerprint density at radius 1 is 1.15 bits per heavy atom. The van der Waals surface area contributed by atoms with Crippen molar-refractivity contribution in [3.63, 3.8) is 0 Å². The van der Waals surface area contributed by atoms with Crippen molar-refractivity contribution in [1.82, 2.24) is 9.97 Å². The molecule has 0 spiro atoms. The number of hydrogen-bond donors (Lipinski definition) is 1. The molecule has 0 aliphatic rings. The number of nitrogen functional groups attached to an aromatic ring is 1. The lowest BCUT2D eigenvalue weighted by Gasteiger charge is -2.10. The van der Waals surface area contributed by atoms with Gasteiger partial charge in [-0.15, -0.1) is 11.8 Å². The summed E-state index contributed by atoms with van der Waals surface area (Å²) in [6.45, 7) is 2.08. The molecular formula is C16H15N3S. The molecule has 20 heavy (non-hydrogen) atoms. The van der Waals surface area contributed by atoms with Crippen LogP contribution in [0.25, 0.3) is 22.0 Å². The zero-order valence-electron chi connectivity index (χ0n) is 11.4. The van der Waals surface area contributed by atoms with Gasteiger partial charge in [0.1, 0.15) is 5.82 Å². The van der Waals surface area contributed by atoms with E-state index in [2.05, 4.69) is 35.1 Å². The number of rotatable bonds is 2. The minimum atomic E-state index is 0.534. The molecule has 2 N–H and O–H groups in total. The molecule has 0 radical (unpaired) electrons. The van der Waals surface area contributed by atoms with Crippen molar-refractivity contribution in [2.24, 2.45) is 0 Å². The summed E-state index contributed by atoms with van der Waals surface area (Å²) >= 11 is 1.64. The van der Waals surface area contributed by atoms with Crippen molar-refractivity contribution in [3.05, 3.63) is 48.2 Å². The van der Waals surface area contributed by atoms with E-state index in [4.69, 9.17) is 5.73 Å². The lowest BCUT2D eigenvalue weighted by molar-refractivity contribution is 1.11. The largest absolute Gasteiger partial charge is 0.384 e. The molecule has 0 aliphatic carbocycles. The molecule has 3 aromatic rings. The van der Waals surface area contributed by atoms with Gasteiger partial charge in [-0.2, -0.15) is 0 Å². The number of anilines is 1. The van der Waals surface area contributed by atoms with Gasteiger partial charge in [-0.05, 0) is 36.3 Å². The normalized spacial score (nSPS) is 10.9. The second-order valence-corrected chi connectivity index (χ2v) is 5.48. The third-order valence-electron chi connectivity index (χ3n) is 3.31. The molecule has 0 aliphatic heterocycles. The van der Waals surface area contributed by atoms with Crippen molar-refractivity contribution in [2.75, 3.05) is 12.0 Å². The summed E-state index contributed by atoms with van der Waals surface area (Å²) in [6.07, 6.45) is 3.91. The maximum atomic E-state index is 5.93. The molecular weight excluding hydrogens is 266 g/mol. The first-order valence-electron chi connectivity index (χ1n) is 6.35. The summed E-state index contributed by atoms with van der Waals surface area (Å²) in [5.74, 6) is 0.534. The highest BCUT2D eigenvalue weighted by Crippen LogP contribution is 2.31. The molecule has 0 bridgehead atoms. The zero-order valence-corrected chi connectivity index (χ0v) is 12.2. The summed E-state index contributed by atoms with van der Waals surface area (Å²) in [4.78, 5) is 8.97. The van der Waals surface area contributed by atoms with Gasteiger partial charge in [-0.1, -0.05) is 24.3 Å². The second-order valence-electron chi connectivity index (χ2n) is 4.66. The maximum absolute atomic E-state index is 5.93. The van der Waals surface area contributed by atoms with Crippen LogP contribution in [0.1, 0.15) is 5.56 Å². The highest BCUT2D eigenvalue weighted by Gasteiger charge is 2.10. The van der Waals surface area contributed by atoms with E-state index in [1.54, 1.807) is 11.8 Å². The number of aryl methyl sites for hydroxylation is 1. The van der Waals surface area contributed by atoms with Crippen molar-refractivity contribution >= 4 is 28.4 Å². The lowest BCUT2D eigenvalue weighted by Crippen LogP contribution is -1.96. The molecule has 3 rings (SSSR count). The number of fused-ring (bicyclic) bond motifs is 1. The van der Waals surface area contributed by atoms with Crippen LogP contribution < -0.4 is 5.73 Å². The monoisotopic (exact) mass is 281 g/mol. The fourth-order valence-corrected chi connectivity index (χ4v) is 2.77. The molecule has 0 unspecified atom stereocenters. The molecule has 0 saturated carbocycles. The van der Waals surface area contributed by atoms with Crippen LogP contribution in [-0.2, 0) is 0 Å². The van der Waals surface area contributed by atoms with Crippen molar-refractivity contribution in [1.29, 1.82) is 0 Å². The van der Waals surface area contributed by atoms with Gasteiger partial charge in [0, 0.05) is 17.1 Å². The van der Waals surface area contributed by atoms with E-state index in [1.807, 2.05) is 30.7 Å². The summed E-state index contributed by atoms with van der Waals surface area (Å²) in [5.41, 5.74) is 9.03. The summed E-state index contributed by atoms with van der Waals surface area (Å²) < 4.78 is 0. The second kappa shape index (κ2) is 5.13. The average molecular weight is 281 g/mol. The van der Waals surface area contributed by atoms with Crippen LogP contribution in [0.4, 0.5) is 5.82 Å². The molecule has 0 atom stereocenters. The number of nitrogens with zero attached hydrogens (tertiary/aromatic N) is 2. The summed E-state index contributed by atoms with van der Waals surface area (Å²) in [7, 11) is 0. The SMILES string of the molecule is CSc1cc(C)c(-c2nc(N)cc3ccccc23)cn1. The number of aromatic nitrogens is 2. The van der Waals surface area contributed by atoms with Crippen LogP contribution >= 0.6 is 11.8 Å². The quantitative estimate of drug-likeness (QED) is 0.724. The van der Waals surface area contributed by atoms with Gasteiger partial charge in [0.05, 0.1) is 10.7 Å². The standard InChI is InChI=1S/C16H15N3S/c1-10-7-15(20-2)18-9-13(10)16-12-6-4-3-5-11(12)8-14(17)19-16/h3-9H,1-2H3,(H2,17,19). The van der Waals surface area contributed by atoms with Gasteiger partial charge in [-0.25, -0.2) is 9.97 Å². The molecule has 0 saturated heterocycles. The predicted molar refractivity (Wildman–Crippen MR) is 85.9 cm³/mol. The minimum Gasteiger partial charge on any atom is -0.384 e. The van der Waals surface area contributed by atoms with E-state index in [1.165, 1.54) is 0 Å². The van der Waals surface area contributed by atoms with Crippen LogP contribution in [0.2, 0.25) is 0 Å². The van der Waals surface area contributed by atoms with Crippen molar-refractivity contribution in [2.45, 2.75) is 11.9 Å². The van der Waals surface area contributed by atoms with E-state index >= 15 is 0 Å². The predicted octanol–water partition coefficient (Wildman–Crippen LogP) is 3.91. The molecule has 2 aromatic heterocycles. The van der Waals surface area contributed by atoms with Crippen LogP contribution in [0, 0.1) is 6.92 Å². The van der Waals surface area contributed by atoms with Gasteiger partial charge < -0.3 is 5.73 Å². The number of thioether (sulfide) groups is 1. The van der Waals surface area contributed by atoms with Gasteiger partial charge >= 0.3 is 0 Å². The fourth-order valence-electron chi connectivity index (χ4n) is 2.31. The van der Waals surface area contributed by atoms with Crippen LogP contribution in [0.15, 0.2) is 47.6 Å². The van der Waals surface area contributed by atoms with E-state index in [0.29, 0.717) is 5.82 Å². The molecule has 2 heterocycles. The average Bonchev–Trinajstić information content (AvgIpc) is 2.46. The van der Waals surface area contributed by atoms with Gasteiger partial charge in [0.15, 0.2) is 0 Å². The Labute approximate surface area is 122 Å². The Kier molecular flexibility index (Phi) is 3.32. The maximum Gasteiger partial charge on any atom is 0.124 e. The van der Waals surface area contributed by atoms with Crippen molar-refractivity contribution < 1.29 is 0 Å². The molecule has 3 nitrogen and oxygen atoms in total. The molecule has 100 valence electrons. The first kappa shape index (κ1) is 12.9. The third-order valence-corrected chi connectivity index (χ3v) is 3.95. The summed E-state index contributed by atoms with van der Waals surface area (Å²) in [5, 5.41) is 3.21. The summed E-state index contributed by atoms with van der Waals surface area (Å²) in [6, 6.07) is 12.1. The van der Waals surface area contributed by atoms with E-state index in [-0.39, 0.29) is 0 Å². The number of pyridine rings is 2. The van der Waals surface area contributed by atoms with Crippen LogP contribution in [-0.4, -0.2) is 16.2 Å². The van der Waals surface area contributed by atoms with Crippen molar-refractivity contribution in [3.8, 4) is 11.3 Å². The molecule has 1 aromatic carbocycles. The minimum absolute atomic E-state index is 0.534. The van der Waals surface area contributed by atoms with Gasteiger partial charge in [0.2, 0.25) is 0 Å². The first-order valence-corrected chi connectivity index (χ1v) is 7.58. The number of nitrogens with two attached hydrogens (primary N) is 1. The topological polar surface area (TPSA) is 51.8 Å². The van der Waals surface area contributed by atoms with E-state index in [9.17, 15) is 0 Å².